The SMILES string of the molecule is CCCNC(=O)NC(=O)CN1CCN(CCc2ccccc2)CC1. The highest BCUT2D eigenvalue weighted by molar-refractivity contribution is 5.95. The predicted molar refractivity (Wildman–Crippen MR) is 94.9 cm³/mol. The summed E-state index contributed by atoms with van der Waals surface area (Å²) in [6, 6.07) is 10.1. The van der Waals surface area contributed by atoms with Crippen molar-refractivity contribution < 1.29 is 9.59 Å². The standard InChI is InChI=1S/C18H28N4O2/c1-2-9-19-18(24)20-17(23)15-22-13-11-21(12-14-22)10-8-16-6-4-3-5-7-16/h3-7H,2,8-15H2,1H3,(H2,19,20,23,24). The van der Waals surface area contributed by atoms with Crippen molar-refractivity contribution >= 4 is 11.9 Å². The number of urea groups is 1. The largest absolute Gasteiger partial charge is 0.338 e. The zero-order valence-electron chi connectivity index (χ0n) is 14.5. The number of carbonyl (C=O) groups is 2. The van der Waals surface area contributed by atoms with Crippen LogP contribution in [0.2, 0.25) is 0 Å². The maximum Gasteiger partial charge on any atom is 0.321 e. The second-order valence-electron chi connectivity index (χ2n) is 6.16. The molecule has 1 saturated heterocycles. The summed E-state index contributed by atoms with van der Waals surface area (Å²) in [5.74, 6) is -0.235. The van der Waals surface area contributed by atoms with Crippen molar-refractivity contribution in [3.63, 3.8) is 0 Å². The van der Waals surface area contributed by atoms with Crippen molar-refractivity contribution in [1.82, 2.24) is 20.4 Å². The minimum Gasteiger partial charge on any atom is -0.338 e. The van der Waals surface area contributed by atoms with E-state index < -0.39 is 6.03 Å². The Morgan fingerprint density at radius 1 is 1.04 bits per heavy atom. The molecule has 0 saturated carbocycles. The van der Waals surface area contributed by atoms with Gasteiger partial charge in [-0.15, -0.1) is 0 Å². The number of nitrogens with zero attached hydrogens (tertiary/aromatic N) is 2. The van der Waals surface area contributed by atoms with Gasteiger partial charge in [0.2, 0.25) is 5.91 Å². The van der Waals surface area contributed by atoms with E-state index >= 15 is 0 Å². The molecule has 0 radical (unpaired) electrons. The molecule has 132 valence electrons. The number of rotatable bonds is 7. The first-order valence-corrected chi connectivity index (χ1v) is 8.73. The van der Waals surface area contributed by atoms with E-state index in [1.807, 2.05) is 13.0 Å². The van der Waals surface area contributed by atoms with Crippen molar-refractivity contribution in [2.45, 2.75) is 19.8 Å². The number of piperazine rings is 1. The molecule has 24 heavy (non-hydrogen) atoms. The molecule has 3 amide bonds. The molecule has 0 spiro atoms. The Morgan fingerprint density at radius 3 is 2.38 bits per heavy atom. The van der Waals surface area contributed by atoms with Crippen LogP contribution < -0.4 is 10.6 Å². The lowest BCUT2D eigenvalue weighted by Crippen LogP contribution is -2.51. The monoisotopic (exact) mass is 332 g/mol. The summed E-state index contributed by atoms with van der Waals surface area (Å²) < 4.78 is 0. The zero-order chi connectivity index (χ0) is 17.2. The fourth-order valence-corrected chi connectivity index (χ4v) is 2.75. The van der Waals surface area contributed by atoms with Crippen LogP contribution in [0.3, 0.4) is 0 Å². The van der Waals surface area contributed by atoms with Gasteiger partial charge in [0, 0.05) is 39.3 Å². The lowest BCUT2D eigenvalue weighted by molar-refractivity contribution is -0.121. The fraction of sp³-hybridized carbons (Fsp3) is 0.556. The van der Waals surface area contributed by atoms with Gasteiger partial charge in [0.05, 0.1) is 6.54 Å². The number of amides is 3. The van der Waals surface area contributed by atoms with Crippen LogP contribution in [0.4, 0.5) is 4.79 Å². The van der Waals surface area contributed by atoms with Crippen molar-refractivity contribution in [3.05, 3.63) is 35.9 Å². The third-order valence-corrected chi connectivity index (χ3v) is 4.18. The molecule has 1 aromatic rings. The highest BCUT2D eigenvalue weighted by Gasteiger charge is 2.19. The lowest BCUT2D eigenvalue weighted by Gasteiger charge is -2.34. The quantitative estimate of drug-likeness (QED) is 0.784. The second kappa shape index (κ2) is 10.1. The number of hydrogen-bond acceptors (Lipinski definition) is 4. The van der Waals surface area contributed by atoms with Crippen molar-refractivity contribution in [3.8, 4) is 0 Å². The van der Waals surface area contributed by atoms with Crippen LogP contribution in [-0.2, 0) is 11.2 Å². The number of imide groups is 1. The Labute approximate surface area is 144 Å². The third kappa shape index (κ3) is 6.68. The third-order valence-electron chi connectivity index (χ3n) is 4.18. The molecule has 0 unspecified atom stereocenters. The highest BCUT2D eigenvalue weighted by atomic mass is 16.2. The maximum absolute atomic E-state index is 11.8. The van der Waals surface area contributed by atoms with E-state index in [0.717, 1.165) is 45.6 Å². The normalized spacial score (nSPS) is 15.9. The molecular formula is C18H28N4O2. The molecule has 2 rings (SSSR count). The van der Waals surface area contributed by atoms with Crippen molar-refractivity contribution in [2.24, 2.45) is 0 Å². The molecule has 0 aliphatic carbocycles. The molecule has 1 fully saturated rings. The number of nitrogens with one attached hydrogen (secondary N) is 2. The first-order chi connectivity index (χ1) is 11.7. The number of hydrogen-bond donors (Lipinski definition) is 2. The van der Waals surface area contributed by atoms with E-state index in [1.54, 1.807) is 0 Å². The summed E-state index contributed by atoms with van der Waals surface area (Å²) in [7, 11) is 0. The summed E-state index contributed by atoms with van der Waals surface area (Å²) in [5, 5.41) is 5.02. The average molecular weight is 332 g/mol. The van der Waals surface area contributed by atoms with E-state index in [0.29, 0.717) is 6.54 Å². The van der Waals surface area contributed by atoms with Gasteiger partial charge in [0.25, 0.3) is 0 Å². The number of benzene rings is 1. The van der Waals surface area contributed by atoms with Crippen LogP contribution in [0.15, 0.2) is 30.3 Å². The number of carbonyl (C=O) groups excluding carboxylic acids is 2. The molecule has 6 nitrogen and oxygen atoms in total. The first-order valence-electron chi connectivity index (χ1n) is 8.73. The van der Waals surface area contributed by atoms with Crippen LogP contribution in [0.25, 0.3) is 0 Å². The summed E-state index contributed by atoms with van der Waals surface area (Å²) in [6.07, 6.45) is 1.91. The molecule has 1 aliphatic heterocycles. The molecule has 2 N–H and O–H groups in total. The van der Waals surface area contributed by atoms with E-state index in [4.69, 9.17) is 0 Å². The second-order valence-corrected chi connectivity index (χ2v) is 6.16. The topological polar surface area (TPSA) is 64.7 Å². The van der Waals surface area contributed by atoms with Crippen LogP contribution in [-0.4, -0.2) is 67.6 Å². The van der Waals surface area contributed by atoms with Gasteiger partial charge >= 0.3 is 6.03 Å². The maximum atomic E-state index is 11.8. The average Bonchev–Trinajstić information content (AvgIpc) is 2.60. The van der Waals surface area contributed by atoms with E-state index in [2.05, 4.69) is 44.7 Å². The smallest absolute Gasteiger partial charge is 0.321 e. The van der Waals surface area contributed by atoms with Crippen LogP contribution >= 0.6 is 0 Å². The van der Waals surface area contributed by atoms with E-state index in [-0.39, 0.29) is 12.5 Å². The van der Waals surface area contributed by atoms with Crippen LogP contribution in [0.5, 0.6) is 0 Å². The molecule has 0 bridgehead atoms. The lowest BCUT2D eigenvalue weighted by atomic mass is 10.1. The first kappa shape index (κ1) is 18.4. The van der Waals surface area contributed by atoms with Gasteiger partial charge < -0.3 is 10.2 Å². The molecule has 0 aromatic heterocycles. The van der Waals surface area contributed by atoms with Crippen molar-refractivity contribution in [2.75, 3.05) is 45.8 Å². The molecule has 1 aliphatic rings. The minimum absolute atomic E-state index is 0.235. The summed E-state index contributed by atoms with van der Waals surface area (Å²) in [4.78, 5) is 27.8. The summed E-state index contributed by atoms with van der Waals surface area (Å²) in [5.41, 5.74) is 1.36. The van der Waals surface area contributed by atoms with Gasteiger partial charge in [0.15, 0.2) is 0 Å². The highest BCUT2D eigenvalue weighted by Crippen LogP contribution is 2.05. The fourth-order valence-electron chi connectivity index (χ4n) is 2.75. The molecule has 1 heterocycles. The Bertz CT molecular complexity index is 513. The Hall–Kier alpha value is -1.92. The van der Waals surface area contributed by atoms with Gasteiger partial charge in [-0.2, -0.15) is 0 Å². The van der Waals surface area contributed by atoms with Gasteiger partial charge in [-0.1, -0.05) is 37.3 Å². The molecule has 0 atom stereocenters. The van der Waals surface area contributed by atoms with Gasteiger partial charge in [-0.25, -0.2) is 4.79 Å². The van der Waals surface area contributed by atoms with E-state index in [1.165, 1.54) is 5.56 Å². The molecular weight excluding hydrogens is 304 g/mol. The minimum atomic E-state index is -0.400. The summed E-state index contributed by atoms with van der Waals surface area (Å²) in [6.45, 7) is 7.52. The van der Waals surface area contributed by atoms with Crippen LogP contribution in [0, 0.1) is 0 Å². The van der Waals surface area contributed by atoms with Crippen LogP contribution in [0.1, 0.15) is 18.9 Å². The van der Waals surface area contributed by atoms with Crippen molar-refractivity contribution in [1.29, 1.82) is 0 Å². The molecule has 1 aromatic carbocycles. The Morgan fingerprint density at radius 2 is 1.71 bits per heavy atom. The Balaban J connectivity index is 1.62. The van der Waals surface area contributed by atoms with E-state index in [9.17, 15) is 9.59 Å². The zero-order valence-corrected chi connectivity index (χ0v) is 14.5. The Kier molecular flexibility index (Phi) is 7.71. The molecule has 6 heteroatoms. The van der Waals surface area contributed by atoms with Gasteiger partial charge in [-0.05, 0) is 18.4 Å². The van der Waals surface area contributed by atoms with Gasteiger partial charge in [0.1, 0.15) is 0 Å². The van der Waals surface area contributed by atoms with Gasteiger partial charge in [-0.3, -0.25) is 15.0 Å². The summed E-state index contributed by atoms with van der Waals surface area (Å²) >= 11 is 0. The predicted octanol–water partition coefficient (Wildman–Crippen LogP) is 1.08.